The van der Waals surface area contributed by atoms with Crippen molar-refractivity contribution < 1.29 is 13.9 Å². The molecule has 27 heavy (non-hydrogen) atoms. The van der Waals surface area contributed by atoms with Crippen LogP contribution in [0.2, 0.25) is 0 Å². The summed E-state index contributed by atoms with van der Waals surface area (Å²) in [7, 11) is 0. The summed E-state index contributed by atoms with van der Waals surface area (Å²) < 4.78 is 19.8. The number of carbonyl (C=O) groups excluding carboxylic acids is 1. The minimum atomic E-state index is -0.776. The summed E-state index contributed by atoms with van der Waals surface area (Å²) in [6.07, 6.45) is 0. The predicted molar refractivity (Wildman–Crippen MR) is 98.7 cm³/mol. The first-order valence-electron chi connectivity index (χ1n) is 8.19. The average Bonchev–Trinajstić information content (AvgIpc) is 2.69. The number of ether oxygens (including phenoxy) is 1. The minimum Gasteiger partial charge on any atom is -0.422 e. The third-order valence-corrected chi connectivity index (χ3v) is 4.01. The molecule has 0 fully saturated rings. The van der Waals surface area contributed by atoms with Gasteiger partial charge in [-0.15, -0.1) is 0 Å². The van der Waals surface area contributed by atoms with Crippen LogP contribution in [0.3, 0.4) is 0 Å². The number of nitrogens with zero attached hydrogens (tertiary/aromatic N) is 2. The quantitative estimate of drug-likeness (QED) is 0.412. The number of halogens is 1. The number of esters is 1. The molecule has 0 radical (unpaired) electrons. The average molecular weight is 360 g/mol. The fourth-order valence-corrected chi connectivity index (χ4v) is 2.77. The maximum atomic E-state index is 13.4. The van der Waals surface area contributed by atoms with Gasteiger partial charge < -0.3 is 4.74 Å². The van der Waals surface area contributed by atoms with Gasteiger partial charge in [-0.05, 0) is 30.3 Å². The van der Waals surface area contributed by atoms with Crippen molar-refractivity contribution in [3.05, 3.63) is 101 Å². The van der Waals surface area contributed by atoms with E-state index in [1.54, 1.807) is 48.5 Å². The minimum absolute atomic E-state index is 0.0293. The van der Waals surface area contributed by atoms with Crippen LogP contribution in [0.5, 0.6) is 5.75 Å². The van der Waals surface area contributed by atoms with E-state index in [2.05, 4.69) is 5.10 Å². The molecule has 3 aromatic carbocycles. The Labute approximate surface area is 153 Å². The first-order valence-corrected chi connectivity index (χ1v) is 8.19. The molecule has 0 saturated heterocycles. The molecule has 5 nitrogen and oxygen atoms in total. The molecule has 1 aromatic heterocycles. The molecular formula is C21H13FN2O3. The number of carbonyl (C=O) groups is 1. The van der Waals surface area contributed by atoms with Crippen molar-refractivity contribution in [2.24, 2.45) is 0 Å². The Kier molecular flexibility index (Phi) is 4.22. The lowest BCUT2D eigenvalue weighted by atomic mass is 10.1. The van der Waals surface area contributed by atoms with Gasteiger partial charge in [-0.2, -0.15) is 9.78 Å². The molecule has 132 valence electrons. The molecule has 0 aliphatic carbocycles. The monoisotopic (exact) mass is 360 g/mol. The summed E-state index contributed by atoms with van der Waals surface area (Å²) in [4.78, 5) is 25.5. The zero-order chi connectivity index (χ0) is 18.8. The smallest absolute Gasteiger partial charge is 0.364 e. The molecule has 0 N–H and O–H groups in total. The van der Waals surface area contributed by atoms with E-state index in [9.17, 15) is 14.0 Å². The van der Waals surface area contributed by atoms with E-state index in [1.807, 2.05) is 6.07 Å². The van der Waals surface area contributed by atoms with Crippen molar-refractivity contribution in [3.8, 4) is 11.4 Å². The highest BCUT2D eigenvalue weighted by atomic mass is 19.1. The Balaban J connectivity index is 1.88. The number of hydrogen-bond acceptors (Lipinski definition) is 4. The van der Waals surface area contributed by atoms with Crippen molar-refractivity contribution in [2.45, 2.75) is 0 Å². The molecule has 0 amide bonds. The van der Waals surface area contributed by atoms with Crippen LogP contribution in [-0.4, -0.2) is 15.7 Å². The van der Waals surface area contributed by atoms with Crippen LogP contribution in [0.15, 0.2) is 83.7 Å². The Morgan fingerprint density at radius 3 is 2.33 bits per heavy atom. The van der Waals surface area contributed by atoms with E-state index in [-0.39, 0.29) is 17.0 Å². The van der Waals surface area contributed by atoms with Crippen LogP contribution in [-0.2, 0) is 0 Å². The van der Waals surface area contributed by atoms with Gasteiger partial charge in [0.15, 0.2) is 5.69 Å². The van der Waals surface area contributed by atoms with Crippen LogP contribution < -0.4 is 10.3 Å². The lowest BCUT2D eigenvalue weighted by molar-refractivity contribution is 0.0728. The van der Waals surface area contributed by atoms with Gasteiger partial charge >= 0.3 is 5.97 Å². The Morgan fingerprint density at radius 1 is 0.889 bits per heavy atom. The summed E-state index contributed by atoms with van der Waals surface area (Å²) in [6, 6.07) is 20.7. The SMILES string of the molecule is O=C(Oc1cccc(F)c1)c1nn(-c2ccccc2)c(=O)c2ccccc12. The van der Waals surface area contributed by atoms with Crippen molar-refractivity contribution >= 4 is 16.7 Å². The lowest BCUT2D eigenvalue weighted by Crippen LogP contribution is -2.25. The van der Waals surface area contributed by atoms with Gasteiger partial charge in [0.1, 0.15) is 11.6 Å². The van der Waals surface area contributed by atoms with Crippen LogP contribution >= 0.6 is 0 Å². The van der Waals surface area contributed by atoms with E-state index in [0.717, 1.165) is 10.7 Å². The fourth-order valence-electron chi connectivity index (χ4n) is 2.77. The number of benzene rings is 3. The van der Waals surface area contributed by atoms with E-state index >= 15 is 0 Å². The second-order valence-corrected chi connectivity index (χ2v) is 5.79. The van der Waals surface area contributed by atoms with Crippen LogP contribution in [0.4, 0.5) is 4.39 Å². The van der Waals surface area contributed by atoms with Crippen LogP contribution in [0.25, 0.3) is 16.5 Å². The third kappa shape index (κ3) is 3.20. The highest BCUT2D eigenvalue weighted by Gasteiger charge is 2.19. The molecule has 0 saturated carbocycles. The zero-order valence-electron chi connectivity index (χ0n) is 14.0. The molecule has 0 unspecified atom stereocenters. The van der Waals surface area contributed by atoms with Gasteiger partial charge in [0, 0.05) is 11.5 Å². The van der Waals surface area contributed by atoms with Crippen LogP contribution in [0, 0.1) is 5.82 Å². The third-order valence-electron chi connectivity index (χ3n) is 4.01. The predicted octanol–water partition coefficient (Wildman–Crippen LogP) is 3.74. The highest BCUT2D eigenvalue weighted by Crippen LogP contribution is 2.19. The highest BCUT2D eigenvalue weighted by molar-refractivity contribution is 6.03. The second kappa shape index (κ2) is 6.84. The Bertz CT molecular complexity index is 1200. The maximum absolute atomic E-state index is 13.4. The molecule has 0 bridgehead atoms. The zero-order valence-corrected chi connectivity index (χ0v) is 14.0. The summed E-state index contributed by atoms with van der Waals surface area (Å²) >= 11 is 0. The van der Waals surface area contributed by atoms with Gasteiger partial charge in [0.2, 0.25) is 0 Å². The van der Waals surface area contributed by atoms with E-state index < -0.39 is 11.8 Å². The van der Waals surface area contributed by atoms with E-state index in [0.29, 0.717) is 16.5 Å². The first-order chi connectivity index (χ1) is 13.1. The normalized spacial score (nSPS) is 10.7. The summed E-state index contributed by atoms with van der Waals surface area (Å²) in [5.41, 5.74) is 0.144. The number of fused-ring (bicyclic) bond motifs is 1. The number of para-hydroxylation sites is 1. The van der Waals surface area contributed by atoms with Gasteiger partial charge in [0.05, 0.1) is 11.1 Å². The second-order valence-electron chi connectivity index (χ2n) is 5.79. The van der Waals surface area contributed by atoms with Gasteiger partial charge in [-0.25, -0.2) is 9.18 Å². The first kappa shape index (κ1) is 16.7. The van der Waals surface area contributed by atoms with Crippen molar-refractivity contribution in [3.63, 3.8) is 0 Å². The standard InChI is InChI=1S/C21H13FN2O3/c22-14-7-6-10-16(13-14)27-21(26)19-17-11-4-5-12-18(17)20(25)24(23-19)15-8-2-1-3-9-15/h1-13H. The molecule has 6 heteroatoms. The molecule has 4 rings (SSSR count). The molecule has 0 spiro atoms. The number of hydrogen-bond donors (Lipinski definition) is 0. The number of rotatable bonds is 3. The summed E-state index contributed by atoms with van der Waals surface area (Å²) in [5, 5.41) is 4.93. The molecule has 0 aliphatic rings. The Morgan fingerprint density at radius 2 is 1.59 bits per heavy atom. The number of aromatic nitrogens is 2. The van der Waals surface area contributed by atoms with Gasteiger partial charge in [-0.3, -0.25) is 4.79 Å². The lowest BCUT2D eigenvalue weighted by Gasteiger charge is -2.10. The maximum Gasteiger partial charge on any atom is 0.364 e. The van der Waals surface area contributed by atoms with Crippen molar-refractivity contribution in [1.29, 1.82) is 0 Å². The summed E-state index contributed by atoms with van der Waals surface area (Å²) in [6.45, 7) is 0. The summed E-state index contributed by atoms with van der Waals surface area (Å²) in [5.74, 6) is -1.24. The van der Waals surface area contributed by atoms with Crippen molar-refractivity contribution in [2.75, 3.05) is 0 Å². The molecular weight excluding hydrogens is 347 g/mol. The topological polar surface area (TPSA) is 61.2 Å². The van der Waals surface area contributed by atoms with Gasteiger partial charge in [-0.1, -0.05) is 42.5 Å². The van der Waals surface area contributed by atoms with Crippen molar-refractivity contribution in [1.82, 2.24) is 9.78 Å². The largest absolute Gasteiger partial charge is 0.422 e. The fraction of sp³-hybridized carbons (Fsp3) is 0. The van der Waals surface area contributed by atoms with E-state index in [1.165, 1.54) is 18.2 Å². The van der Waals surface area contributed by atoms with Crippen LogP contribution in [0.1, 0.15) is 10.5 Å². The Hall–Kier alpha value is -3.80. The molecule has 1 heterocycles. The molecule has 0 atom stereocenters. The molecule has 4 aromatic rings. The van der Waals surface area contributed by atoms with E-state index in [4.69, 9.17) is 4.74 Å². The van der Waals surface area contributed by atoms with Gasteiger partial charge in [0.25, 0.3) is 5.56 Å². The molecule has 0 aliphatic heterocycles.